The van der Waals surface area contributed by atoms with E-state index in [0.29, 0.717) is 31.8 Å². The molecule has 0 spiro atoms. The predicted molar refractivity (Wildman–Crippen MR) is 87.9 cm³/mol. The highest BCUT2D eigenvalue weighted by Crippen LogP contribution is 2.21. The van der Waals surface area contributed by atoms with Gasteiger partial charge in [0.2, 0.25) is 5.91 Å². The first kappa shape index (κ1) is 18.6. The van der Waals surface area contributed by atoms with Crippen molar-refractivity contribution in [2.45, 2.75) is 54.0 Å². The van der Waals surface area contributed by atoms with Crippen molar-refractivity contribution >= 4 is 23.2 Å². The summed E-state index contributed by atoms with van der Waals surface area (Å²) in [5.74, 6) is -0.282. The molecular weight excluding hydrogens is 300 g/mol. The molecule has 1 rings (SSSR count). The molecule has 0 saturated heterocycles. The van der Waals surface area contributed by atoms with Gasteiger partial charge >= 0.3 is 5.97 Å². The number of carbonyl (C=O) groups is 2. The van der Waals surface area contributed by atoms with E-state index in [-0.39, 0.29) is 11.3 Å². The lowest BCUT2D eigenvalue weighted by molar-refractivity contribution is -0.133. The maximum Gasteiger partial charge on any atom is 0.357 e. The summed E-state index contributed by atoms with van der Waals surface area (Å²) in [4.78, 5) is 30.1. The van der Waals surface area contributed by atoms with Crippen LogP contribution in [0.3, 0.4) is 0 Å². The Labute approximate surface area is 136 Å². The number of amides is 1. The van der Waals surface area contributed by atoms with Crippen LogP contribution in [0.25, 0.3) is 0 Å². The zero-order chi connectivity index (χ0) is 16.8. The van der Waals surface area contributed by atoms with Crippen LogP contribution in [0.4, 0.5) is 0 Å². The summed E-state index contributed by atoms with van der Waals surface area (Å²) in [6, 6.07) is 0. The normalized spacial score (nSPS) is 11.3. The highest BCUT2D eigenvalue weighted by molar-refractivity contribution is 7.09. The van der Waals surface area contributed by atoms with Crippen molar-refractivity contribution in [2.75, 3.05) is 13.2 Å². The van der Waals surface area contributed by atoms with Crippen molar-refractivity contribution < 1.29 is 14.3 Å². The first-order valence-electron chi connectivity index (χ1n) is 7.66. The number of thiazole rings is 1. The Bertz CT molecular complexity index is 506. The second-order valence-electron chi connectivity index (χ2n) is 6.40. The minimum Gasteiger partial charge on any atom is -0.461 e. The Morgan fingerprint density at radius 1 is 1.32 bits per heavy atom. The lowest BCUT2D eigenvalue weighted by Crippen LogP contribution is -2.33. The molecule has 0 N–H and O–H groups in total. The smallest absolute Gasteiger partial charge is 0.357 e. The Balaban J connectivity index is 2.75. The largest absolute Gasteiger partial charge is 0.461 e. The molecule has 0 unspecified atom stereocenters. The van der Waals surface area contributed by atoms with E-state index in [9.17, 15) is 9.59 Å². The van der Waals surface area contributed by atoms with Gasteiger partial charge < -0.3 is 9.64 Å². The summed E-state index contributed by atoms with van der Waals surface area (Å²) in [5, 5.41) is 2.45. The van der Waals surface area contributed by atoms with Gasteiger partial charge in [0.05, 0.1) is 13.2 Å². The number of esters is 1. The van der Waals surface area contributed by atoms with Gasteiger partial charge in [0.1, 0.15) is 5.01 Å². The molecule has 0 aliphatic rings. The molecule has 0 aromatic carbocycles. The van der Waals surface area contributed by atoms with Crippen LogP contribution in [0.5, 0.6) is 0 Å². The highest BCUT2D eigenvalue weighted by Gasteiger charge is 2.22. The lowest BCUT2D eigenvalue weighted by Gasteiger charge is -2.25. The summed E-state index contributed by atoms with van der Waals surface area (Å²) in [6.45, 7) is 11.4. The van der Waals surface area contributed by atoms with E-state index in [1.165, 1.54) is 11.3 Å². The number of aromatic nitrogens is 1. The standard InChI is InChI=1S/C16H26N2O3S/c1-6-8-18(14(19)9-16(3,4)5)10-13-17-12(11-22-13)15(20)21-7-2/h11H,6-10H2,1-5H3. The van der Waals surface area contributed by atoms with E-state index >= 15 is 0 Å². The molecule has 1 aromatic heterocycles. The molecule has 0 aliphatic heterocycles. The molecule has 1 aromatic rings. The first-order chi connectivity index (χ1) is 10.3. The van der Waals surface area contributed by atoms with E-state index in [1.54, 1.807) is 12.3 Å². The third-order valence-corrected chi connectivity index (χ3v) is 3.72. The molecule has 1 amide bonds. The van der Waals surface area contributed by atoms with E-state index in [1.807, 2.05) is 11.8 Å². The van der Waals surface area contributed by atoms with Gasteiger partial charge in [-0.1, -0.05) is 27.7 Å². The molecule has 0 fully saturated rings. The maximum absolute atomic E-state index is 12.4. The Hall–Kier alpha value is -1.43. The van der Waals surface area contributed by atoms with Crippen LogP contribution in [0, 0.1) is 5.41 Å². The second kappa shape index (κ2) is 8.27. The molecule has 0 radical (unpaired) electrons. The van der Waals surface area contributed by atoms with E-state index < -0.39 is 5.97 Å². The number of nitrogens with zero attached hydrogens (tertiary/aromatic N) is 2. The van der Waals surface area contributed by atoms with Gasteiger partial charge in [-0.2, -0.15) is 0 Å². The number of hydrogen-bond donors (Lipinski definition) is 0. The molecule has 0 aliphatic carbocycles. The molecule has 1 heterocycles. The minimum atomic E-state index is -0.409. The maximum atomic E-state index is 12.4. The van der Waals surface area contributed by atoms with Crippen LogP contribution >= 0.6 is 11.3 Å². The topological polar surface area (TPSA) is 59.5 Å². The Kier molecular flexibility index (Phi) is 7.00. The van der Waals surface area contributed by atoms with E-state index in [0.717, 1.165) is 11.4 Å². The minimum absolute atomic E-state index is 0.0396. The average Bonchev–Trinajstić information content (AvgIpc) is 2.85. The zero-order valence-electron chi connectivity index (χ0n) is 14.1. The fourth-order valence-corrected chi connectivity index (χ4v) is 2.75. The summed E-state index contributed by atoms with van der Waals surface area (Å²) >= 11 is 1.39. The second-order valence-corrected chi connectivity index (χ2v) is 7.34. The molecule has 22 heavy (non-hydrogen) atoms. The first-order valence-corrected chi connectivity index (χ1v) is 8.54. The van der Waals surface area contributed by atoms with Crippen molar-refractivity contribution in [2.24, 2.45) is 5.41 Å². The molecule has 0 saturated carbocycles. The quantitative estimate of drug-likeness (QED) is 0.720. The van der Waals surface area contributed by atoms with Crippen LogP contribution in [-0.2, 0) is 16.1 Å². The van der Waals surface area contributed by atoms with Gasteiger partial charge in [-0.15, -0.1) is 11.3 Å². The van der Waals surface area contributed by atoms with E-state index in [4.69, 9.17) is 4.74 Å². The van der Waals surface area contributed by atoms with Crippen LogP contribution in [0.15, 0.2) is 5.38 Å². The number of hydrogen-bond acceptors (Lipinski definition) is 5. The molecule has 124 valence electrons. The molecule has 5 nitrogen and oxygen atoms in total. The monoisotopic (exact) mass is 326 g/mol. The van der Waals surface area contributed by atoms with Crippen molar-refractivity contribution in [1.29, 1.82) is 0 Å². The SMILES string of the molecule is CCCN(Cc1nc(C(=O)OCC)cs1)C(=O)CC(C)(C)C. The van der Waals surface area contributed by atoms with Gasteiger partial charge in [-0.3, -0.25) is 4.79 Å². The van der Waals surface area contributed by atoms with E-state index in [2.05, 4.69) is 25.8 Å². The van der Waals surface area contributed by atoms with Gasteiger partial charge in [-0.05, 0) is 18.8 Å². The van der Waals surface area contributed by atoms with Crippen molar-refractivity contribution in [3.8, 4) is 0 Å². The number of rotatable bonds is 7. The van der Waals surface area contributed by atoms with Gasteiger partial charge in [0.15, 0.2) is 5.69 Å². The Morgan fingerprint density at radius 3 is 2.55 bits per heavy atom. The van der Waals surface area contributed by atoms with Crippen molar-refractivity contribution in [3.05, 3.63) is 16.1 Å². The van der Waals surface area contributed by atoms with Gasteiger partial charge in [-0.25, -0.2) is 9.78 Å². The number of ether oxygens (including phenoxy) is 1. The molecular formula is C16H26N2O3S. The van der Waals surface area contributed by atoms with Crippen LogP contribution in [0.1, 0.15) is 63.0 Å². The van der Waals surface area contributed by atoms with Gasteiger partial charge in [0, 0.05) is 18.3 Å². The summed E-state index contributed by atoms with van der Waals surface area (Å²) in [5.41, 5.74) is 0.281. The molecule has 6 heteroatoms. The zero-order valence-corrected chi connectivity index (χ0v) is 15.0. The fourth-order valence-electron chi connectivity index (χ4n) is 1.97. The highest BCUT2D eigenvalue weighted by atomic mass is 32.1. The number of carbonyl (C=O) groups excluding carboxylic acids is 2. The lowest BCUT2D eigenvalue weighted by atomic mass is 9.91. The van der Waals surface area contributed by atoms with Crippen molar-refractivity contribution in [1.82, 2.24) is 9.88 Å². The molecule has 0 atom stereocenters. The fraction of sp³-hybridized carbons (Fsp3) is 0.688. The third-order valence-electron chi connectivity index (χ3n) is 2.89. The summed E-state index contributed by atoms with van der Waals surface area (Å²) in [7, 11) is 0. The van der Waals surface area contributed by atoms with Crippen LogP contribution < -0.4 is 0 Å². The van der Waals surface area contributed by atoms with Crippen LogP contribution in [-0.4, -0.2) is 34.9 Å². The van der Waals surface area contributed by atoms with Gasteiger partial charge in [0.25, 0.3) is 0 Å². The van der Waals surface area contributed by atoms with Crippen LogP contribution in [0.2, 0.25) is 0 Å². The summed E-state index contributed by atoms with van der Waals surface area (Å²) in [6.07, 6.45) is 1.40. The molecule has 0 bridgehead atoms. The third kappa shape index (κ3) is 6.13. The average molecular weight is 326 g/mol. The predicted octanol–water partition coefficient (Wildman–Crippen LogP) is 3.49. The van der Waals surface area contributed by atoms with Crippen molar-refractivity contribution in [3.63, 3.8) is 0 Å². The summed E-state index contributed by atoms with van der Waals surface area (Å²) < 4.78 is 4.93. The Morgan fingerprint density at radius 2 is 2.00 bits per heavy atom.